The van der Waals surface area contributed by atoms with E-state index in [0.29, 0.717) is 11.4 Å². The van der Waals surface area contributed by atoms with Crippen molar-refractivity contribution in [2.75, 3.05) is 22.1 Å². The molecule has 58 heavy (non-hydrogen) atoms. The summed E-state index contributed by atoms with van der Waals surface area (Å²) in [6.07, 6.45) is 0. The molecule has 2 aliphatic rings. The van der Waals surface area contributed by atoms with Crippen molar-refractivity contribution in [2.24, 2.45) is 0 Å². The Balaban J connectivity index is 1.07. The van der Waals surface area contributed by atoms with Crippen LogP contribution in [0.2, 0.25) is 0 Å². The van der Waals surface area contributed by atoms with Crippen LogP contribution in [0.4, 0.5) is 34.1 Å². The third-order valence-corrected chi connectivity index (χ3v) is 12.1. The van der Waals surface area contributed by atoms with E-state index in [4.69, 9.17) is 11.5 Å². The Hall–Kier alpha value is -6.98. The molecule has 290 valence electrons. The fourth-order valence-electron chi connectivity index (χ4n) is 7.43. The Kier molecular flexibility index (Phi) is 8.89. The first-order valence-corrected chi connectivity index (χ1v) is 20.3. The van der Waals surface area contributed by atoms with Gasteiger partial charge in [0, 0.05) is 39.5 Å². The molecule has 0 spiro atoms. The predicted octanol–water partition coefficient (Wildman–Crippen LogP) is 6.53. The van der Waals surface area contributed by atoms with E-state index < -0.39 is 64.5 Å². The van der Waals surface area contributed by atoms with Crippen LogP contribution in [0.5, 0.6) is 0 Å². The summed E-state index contributed by atoms with van der Waals surface area (Å²) in [5, 5.41) is 6.04. The van der Waals surface area contributed by atoms with Gasteiger partial charge in [-0.3, -0.25) is 28.3 Å². The number of ketones is 4. The van der Waals surface area contributed by atoms with Crippen LogP contribution in [-0.2, 0) is 20.2 Å². The second-order valence-electron chi connectivity index (χ2n) is 13.7. The maximum Gasteiger partial charge on any atom is 0.296 e. The molecule has 8 N–H and O–H groups in total. The number of nitrogens with two attached hydrogens (primary N) is 2. The summed E-state index contributed by atoms with van der Waals surface area (Å²) in [6, 6.07) is 28.2. The fourth-order valence-corrected chi connectivity index (χ4v) is 8.72. The highest BCUT2D eigenvalue weighted by atomic mass is 32.2. The number of nitrogens with one attached hydrogen (secondary N) is 2. The highest BCUT2D eigenvalue weighted by molar-refractivity contribution is 7.86. The van der Waals surface area contributed by atoms with Crippen LogP contribution in [0, 0.1) is 0 Å². The van der Waals surface area contributed by atoms with Crippen molar-refractivity contribution in [1.82, 2.24) is 0 Å². The normalized spacial score (nSPS) is 13.4. The van der Waals surface area contributed by atoms with Gasteiger partial charge in [-0.05, 0) is 47.5 Å². The van der Waals surface area contributed by atoms with Gasteiger partial charge in [-0.25, -0.2) is 0 Å². The minimum Gasteiger partial charge on any atom is -0.397 e. The van der Waals surface area contributed by atoms with Crippen LogP contribution in [0.15, 0.2) is 119 Å². The number of hydrogen-bond donors (Lipinski definition) is 6. The van der Waals surface area contributed by atoms with E-state index in [1.165, 1.54) is 24.3 Å². The number of hydrogen-bond acceptors (Lipinski definition) is 12. The minimum atomic E-state index is -4.90. The third-order valence-electron chi connectivity index (χ3n) is 10.3. The second-order valence-corrected chi connectivity index (χ2v) is 16.5. The zero-order valence-electron chi connectivity index (χ0n) is 30.1. The summed E-state index contributed by atoms with van der Waals surface area (Å²) >= 11 is 0. The molecule has 0 aliphatic heterocycles. The summed E-state index contributed by atoms with van der Waals surface area (Å²) in [6.45, 7) is 1.94. The van der Waals surface area contributed by atoms with Crippen molar-refractivity contribution < 1.29 is 45.1 Å². The Morgan fingerprint density at radius 2 is 0.776 bits per heavy atom. The first-order chi connectivity index (χ1) is 27.5. The number of nitrogen functional groups attached to an aromatic ring is 2. The molecule has 0 fully saturated rings. The molecule has 0 amide bonds. The lowest BCUT2D eigenvalue weighted by molar-refractivity contribution is 0.0980. The summed E-state index contributed by atoms with van der Waals surface area (Å²) in [4.78, 5) is 52.9. The standard InChI is InChI=1S/C42H30N4O10S2/c1-20(21-10-14-23(15-11-21)45-29-18-31(57(51,52)53)37(43)35-33(29)39(47)25-6-2-4-8-27(25)41(35)49)22-12-16-24(17-13-22)46-30-19-32(58(54,55)56)38(44)36-34(30)40(48)26-7-3-5-9-28(26)42(36)50/h2-20,45-46H,43-44H2,1H3,(H,51,52,53)(H,54,55,56). The molecule has 0 unspecified atom stereocenters. The molecule has 14 nitrogen and oxygen atoms in total. The number of fused-ring (bicyclic) bond motifs is 4. The van der Waals surface area contributed by atoms with Crippen LogP contribution >= 0.6 is 0 Å². The van der Waals surface area contributed by atoms with Crippen molar-refractivity contribution in [3.8, 4) is 0 Å². The van der Waals surface area contributed by atoms with E-state index in [-0.39, 0.29) is 61.8 Å². The first kappa shape index (κ1) is 37.9. The van der Waals surface area contributed by atoms with Crippen LogP contribution in [-0.4, -0.2) is 49.1 Å². The Morgan fingerprint density at radius 1 is 0.483 bits per heavy atom. The molecule has 0 saturated heterocycles. The molecular formula is C42H30N4O10S2. The van der Waals surface area contributed by atoms with Crippen molar-refractivity contribution in [3.63, 3.8) is 0 Å². The van der Waals surface area contributed by atoms with E-state index in [2.05, 4.69) is 10.6 Å². The van der Waals surface area contributed by atoms with E-state index >= 15 is 0 Å². The number of benzene rings is 6. The van der Waals surface area contributed by atoms with Gasteiger partial charge in [0.05, 0.1) is 45.0 Å². The van der Waals surface area contributed by atoms with Crippen LogP contribution in [0.1, 0.15) is 87.7 Å². The topological polar surface area (TPSA) is 253 Å². The Morgan fingerprint density at radius 3 is 1.07 bits per heavy atom. The SMILES string of the molecule is CC(c1ccc(Nc2cc(S(=O)(=O)O)c(N)c3c2C(=O)c2ccccc2C3=O)cc1)c1ccc(Nc2cc(S(=O)(=O)O)c(N)c3c2C(=O)c2ccccc2C3=O)cc1. The smallest absolute Gasteiger partial charge is 0.296 e. The average Bonchev–Trinajstić information content (AvgIpc) is 3.19. The Labute approximate surface area is 331 Å². The molecule has 6 aromatic carbocycles. The van der Waals surface area contributed by atoms with Gasteiger partial charge in [-0.15, -0.1) is 0 Å². The molecule has 0 heterocycles. The number of rotatable bonds is 8. The van der Waals surface area contributed by atoms with Crippen LogP contribution < -0.4 is 22.1 Å². The molecule has 6 aromatic rings. The summed E-state index contributed by atoms with van der Waals surface area (Å²) in [5.74, 6) is -2.62. The fraction of sp³-hybridized carbons (Fsp3) is 0.0476. The lowest BCUT2D eigenvalue weighted by atomic mass is 9.82. The zero-order valence-corrected chi connectivity index (χ0v) is 31.7. The van der Waals surface area contributed by atoms with E-state index in [9.17, 15) is 45.1 Å². The molecule has 2 aliphatic carbocycles. The lowest BCUT2D eigenvalue weighted by Gasteiger charge is -2.24. The van der Waals surface area contributed by atoms with Gasteiger partial charge in [0.1, 0.15) is 9.79 Å². The molecule has 0 saturated carbocycles. The molecular weight excluding hydrogens is 785 g/mol. The van der Waals surface area contributed by atoms with Crippen molar-refractivity contribution in [1.29, 1.82) is 0 Å². The first-order valence-electron chi connectivity index (χ1n) is 17.4. The predicted molar refractivity (Wildman–Crippen MR) is 215 cm³/mol. The highest BCUT2D eigenvalue weighted by Crippen LogP contribution is 2.42. The molecule has 0 aromatic heterocycles. The van der Waals surface area contributed by atoms with Gasteiger partial charge in [0.25, 0.3) is 20.2 Å². The maximum absolute atomic E-state index is 13.7. The van der Waals surface area contributed by atoms with Crippen molar-refractivity contribution >= 4 is 77.5 Å². The Bertz CT molecular complexity index is 2850. The lowest BCUT2D eigenvalue weighted by Crippen LogP contribution is -2.25. The van der Waals surface area contributed by atoms with Gasteiger partial charge < -0.3 is 22.1 Å². The highest BCUT2D eigenvalue weighted by Gasteiger charge is 2.38. The van der Waals surface area contributed by atoms with Crippen LogP contribution in [0.3, 0.4) is 0 Å². The second kappa shape index (κ2) is 13.6. The van der Waals surface area contributed by atoms with Gasteiger partial charge in [0.15, 0.2) is 23.1 Å². The van der Waals surface area contributed by atoms with E-state index in [1.54, 1.807) is 72.8 Å². The zero-order chi connectivity index (χ0) is 41.4. The molecule has 8 rings (SSSR count). The number of carbonyl (C=O) groups excluding carboxylic acids is 4. The largest absolute Gasteiger partial charge is 0.397 e. The molecule has 16 heteroatoms. The van der Waals surface area contributed by atoms with Crippen molar-refractivity contribution in [2.45, 2.75) is 22.6 Å². The molecule has 0 bridgehead atoms. The van der Waals surface area contributed by atoms with Gasteiger partial charge >= 0.3 is 0 Å². The van der Waals surface area contributed by atoms with Gasteiger partial charge in [-0.1, -0.05) is 79.7 Å². The summed E-state index contributed by atoms with van der Waals surface area (Å²) < 4.78 is 69.2. The maximum atomic E-state index is 13.7. The quantitative estimate of drug-likeness (QED) is 0.0704. The van der Waals surface area contributed by atoms with Crippen LogP contribution in [0.25, 0.3) is 0 Å². The van der Waals surface area contributed by atoms with Crippen molar-refractivity contribution in [3.05, 3.63) is 165 Å². The number of anilines is 6. The van der Waals surface area contributed by atoms with E-state index in [1.807, 2.05) is 6.92 Å². The van der Waals surface area contributed by atoms with Gasteiger partial charge in [0.2, 0.25) is 0 Å². The molecule has 0 atom stereocenters. The molecule has 0 radical (unpaired) electrons. The summed E-state index contributed by atoms with van der Waals surface area (Å²) in [7, 11) is -9.80. The summed E-state index contributed by atoms with van der Waals surface area (Å²) in [5.41, 5.74) is 13.0. The average molecular weight is 815 g/mol. The monoisotopic (exact) mass is 814 g/mol. The third kappa shape index (κ3) is 6.20. The number of carbonyl (C=O) groups is 4. The minimum absolute atomic E-state index is 0.0464. The van der Waals surface area contributed by atoms with E-state index in [0.717, 1.165) is 23.3 Å². The van der Waals surface area contributed by atoms with Gasteiger partial charge in [-0.2, -0.15) is 16.8 Å².